The van der Waals surface area contributed by atoms with E-state index in [4.69, 9.17) is 9.47 Å². The number of guanidine groups is 1. The lowest BCUT2D eigenvalue weighted by Gasteiger charge is -2.29. The third-order valence-corrected chi connectivity index (χ3v) is 4.94. The quantitative estimate of drug-likeness (QED) is 0.615. The van der Waals surface area contributed by atoms with Gasteiger partial charge in [0.25, 0.3) is 0 Å². The number of para-hydroxylation sites is 1. The molecule has 1 saturated heterocycles. The Morgan fingerprint density at radius 3 is 2.54 bits per heavy atom. The van der Waals surface area contributed by atoms with Crippen LogP contribution in [0.4, 0.5) is 5.69 Å². The first-order chi connectivity index (χ1) is 13.7. The molecule has 0 unspecified atom stereocenters. The van der Waals surface area contributed by atoms with Gasteiger partial charge in [0.05, 0.1) is 20.3 Å². The summed E-state index contributed by atoms with van der Waals surface area (Å²) in [7, 11) is 5.54. The third kappa shape index (κ3) is 5.16. The Kier molecular flexibility index (Phi) is 7.14. The molecule has 1 aliphatic rings. The second kappa shape index (κ2) is 9.99. The monoisotopic (exact) mass is 382 g/mol. The van der Waals surface area contributed by atoms with Crippen LogP contribution in [0.15, 0.2) is 53.5 Å². The first-order valence-corrected chi connectivity index (χ1v) is 9.66. The normalized spacial score (nSPS) is 14.7. The Labute approximate surface area is 167 Å². The maximum Gasteiger partial charge on any atom is 0.193 e. The van der Waals surface area contributed by atoms with Crippen molar-refractivity contribution >= 4 is 11.6 Å². The molecule has 3 rings (SSSR count). The molecule has 0 spiro atoms. The number of benzene rings is 2. The van der Waals surface area contributed by atoms with Gasteiger partial charge in [-0.2, -0.15) is 0 Å². The Bertz CT molecular complexity index is 770. The largest absolute Gasteiger partial charge is 0.496 e. The second-order valence-corrected chi connectivity index (χ2v) is 6.83. The van der Waals surface area contributed by atoms with Crippen molar-refractivity contribution in [2.24, 2.45) is 4.99 Å². The fourth-order valence-electron chi connectivity index (χ4n) is 3.38. The van der Waals surface area contributed by atoms with Crippen LogP contribution in [0.3, 0.4) is 0 Å². The van der Waals surface area contributed by atoms with Crippen LogP contribution in [0.5, 0.6) is 5.75 Å². The van der Waals surface area contributed by atoms with Gasteiger partial charge in [-0.05, 0) is 23.8 Å². The molecule has 0 bridgehead atoms. The number of nitrogens with zero attached hydrogens (tertiary/aromatic N) is 3. The lowest BCUT2D eigenvalue weighted by atomic mass is 10.2. The van der Waals surface area contributed by atoms with Crippen LogP contribution in [0.2, 0.25) is 0 Å². The van der Waals surface area contributed by atoms with E-state index < -0.39 is 0 Å². The van der Waals surface area contributed by atoms with Crippen molar-refractivity contribution in [2.45, 2.75) is 13.1 Å². The number of hydrogen-bond acceptors (Lipinski definition) is 4. The van der Waals surface area contributed by atoms with E-state index in [0.29, 0.717) is 0 Å². The molecule has 150 valence electrons. The minimum Gasteiger partial charge on any atom is -0.496 e. The van der Waals surface area contributed by atoms with Gasteiger partial charge in [0.15, 0.2) is 5.96 Å². The molecule has 0 aromatic heterocycles. The molecule has 2 aromatic rings. The van der Waals surface area contributed by atoms with Crippen LogP contribution < -0.4 is 15.0 Å². The van der Waals surface area contributed by atoms with Crippen molar-refractivity contribution in [1.82, 2.24) is 10.2 Å². The average Bonchev–Trinajstić information content (AvgIpc) is 2.75. The number of anilines is 1. The lowest BCUT2D eigenvalue weighted by Crippen LogP contribution is -2.38. The van der Waals surface area contributed by atoms with Gasteiger partial charge in [0, 0.05) is 51.5 Å². The molecule has 0 saturated carbocycles. The number of nitrogens with one attached hydrogen (secondary N) is 1. The second-order valence-electron chi connectivity index (χ2n) is 6.83. The number of aliphatic imine (C=N–C) groups is 1. The number of methoxy groups -OCH3 is 1. The summed E-state index contributed by atoms with van der Waals surface area (Å²) in [5.74, 6) is 1.74. The van der Waals surface area contributed by atoms with Crippen LogP contribution in [0.1, 0.15) is 11.1 Å². The highest BCUT2D eigenvalue weighted by Gasteiger charge is 2.12. The molecule has 1 N–H and O–H groups in total. The van der Waals surface area contributed by atoms with E-state index in [1.54, 1.807) is 7.11 Å². The van der Waals surface area contributed by atoms with E-state index in [1.807, 2.05) is 32.3 Å². The van der Waals surface area contributed by atoms with Gasteiger partial charge in [-0.15, -0.1) is 0 Å². The molecule has 0 aliphatic carbocycles. The van der Waals surface area contributed by atoms with Crippen LogP contribution >= 0.6 is 0 Å². The van der Waals surface area contributed by atoms with E-state index >= 15 is 0 Å². The van der Waals surface area contributed by atoms with Crippen molar-refractivity contribution < 1.29 is 9.47 Å². The highest BCUT2D eigenvalue weighted by atomic mass is 16.5. The number of morpholine rings is 1. The van der Waals surface area contributed by atoms with E-state index in [-0.39, 0.29) is 0 Å². The van der Waals surface area contributed by atoms with Gasteiger partial charge in [0.2, 0.25) is 0 Å². The smallest absolute Gasteiger partial charge is 0.193 e. The van der Waals surface area contributed by atoms with Gasteiger partial charge >= 0.3 is 0 Å². The predicted octanol–water partition coefficient (Wildman–Crippen LogP) is 2.74. The summed E-state index contributed by atoms with van der Waals surface area (Å²) in [6, 6.07) is 16.8. The van der Waals surface area contributed by atoms with Gasteiger partial charge in [0.1, 0.15) is 5.75 Å². The molecular weight excluding hydrogens is 352 g/mol. The Morgan fingerprint density at radius 2 is 1.86 bits per heavy atom. The van der Waals surface area contributed by atoms with E-state index in [1.165, 1.54) is 11.3 Å². The molecule has 0 atom stereocenters. The van der Waals surface area contributed by atoms with Gasteiger partial charge < -0.3 is 24.6 Å². The Morgan fingerprint density at radius 1 is 1.14 bits per heavy atom. The SMILES string of the molecule is CN=C(NCc1ccc(N2CCOCC2)cc1)N(C)Cc1ccccc1OC. The fourth-order valence-corrected chi connectivity index (χ4v) is 3.38. The zero-order valence-electron chi connectivity index (χ0n) is 17.0. The average molecular weight is 383 g/mol. The number of rotatable bonds is 6. The molecule has 6 nitrogen and oxygen atoms in total. The molecule has 6 heteroatoms. The van der Waals surface area contributed by atoms with Crippen molar-refractivity contribution in [3.8, 4) is 5.75 Å². The summed E-state index contributed by atoms with van der Waals surface area (Å²) >= 11 is 0. The minimum atomic E-state index is 0.722. The van der Waals surface area contributed by atoms with Crippen LogP contribution in [0, 0.1) is 0 Å². The number of ether oxygens (including phenoxy) is 2. The molecule has 0 amide bonds. The summed E-state index contributed by atoms with van der Waals surface area (Å²) in [5, 5.41) is 3.44. The Hall–Kier alpha value is -2.73. The minimum absolute atomic E-state index is 0.722. The molecule has 1 aliphatic heterocycles. The van der Waals surface area contributed by atoms with Crippen molar-refractivity contribution in [2.75, 3.05) is 52.4 Å². The molecule has 0 radical (unpaired) electrons. The Balaban J connectivity index is 1.56. The van der Waals surface area contributed by atoms with Crippen molar-refractivity contribution in [1.29, 1.82) is 0 Å². The number of hydrogen-bond donors (Lipinski definition) is 1. The standard InChI is InChI=1S/C22H30N4O2/c1-23-22(25(2)17-19-6-4-5-7-21(19)27-3)24-16-18-8-10-20(11-9-18)26-12-14-28-15-13-26/h4-11H,12-17H2,1-3H3,(H,23,24). The van der Waals surface area contributed by atoms with Gasteiger partial charge in [-0.25, -0.2) is 0 Å². The lowest BCUT2D eigenvalue weighted by molar-refractivity contribution is 0.122. The highest BCUT2D eigenvalue weighted by Crippen LogP contribution is 2.19. The summed E-state index contributed by atoms with van der Waals surface area (Å²) in [5.41, 5.74) is 3.61. The van der Waals surface area contributed by atoms with Gasteiger partial charge in [-0.3, -0.25) is 4.99 Å². The van der Waals surface area contributed by atoms with Gasteiger partial charge in [-0.1, -0.05) is 30.3 Å². The summed E-state index contributed by atoms with van der Waals surface area (Å²) < 4.78 is 10.9. The first-order valence-electron chi connectivity index (χ1n) is 9.66. The van der Waals surface area contributed by atoms with E-state index in [2.05, 4.69) is 50.4 Å². The molecule has 28 heavy (non-hydrogen) atoms. The zero-order valence-corrected chi connectivity index (χ0v) is 17.0. The first kappa shape index (κ1) is 20.0. The maximum absolute atomic E-state index is 5.45. The zero-order chi connectivity index (χ0) is 19.8. The summed E-state index contributed by atoms with van der Waals surface area (Å²) in [4.78, 5) is 8.87. The van der Waals surface area contributed by atoms with Crippen molar-refractivity contribution in [3.63, 3.8) is 0 Å². The van der Waals surface area contributed by atoms with Crippen LogP contribution in [-0.4, -0.2) is 58.4 Å². The topological polar surface area (TPSA) is 49.3 Å². The maximum atomic E-state index is 5.45. The van der Waals surface area contributed by atoms with E-state index in [9.17, 15) is 0 Å². The molecule has 1 heterocycles. The molecular formula is C22H30N4O2. The summed E-state index contributed by atoms with van der Waals surface area (Å²) in [6.07, 6.45) is 0. The molecule has 2 aromatic carbocycles. The van der Waals surface area contributed by atoms with Crippen molar-refractivity contribution in [3.05, 3.63) is 59.7 Å². The molecule has 1 fully saturated rings. The summed E-state index contributed by atoms with van der Waals surface area (Å²) in [6.45, 7) is 4.97. The fraction of sp³-hybridized carbons (Fsp3) is 0.409. The third-order valence-electron chi connectivity index (χ3n) is 4.94. The predicted molar refractivity (Wildman–Crippen MR) is 114 cm³/mol. The van der Waals surface area contributed by atoms with Crippen LogP contribution in [0.25, 0.3) is 0 Å². The van der Waals surface area contributed by atoms with Crippen LogP contribution in [-0.2, 0) is 17.8 Å². The highest BCUT2D eigenvalue weighted by molar-refractivity contribution is 5.79. The van der Waals surface area contributed by atoms with E-state index in [0.717, 1.165) is 56.7 Å².